The van der Waals surface area contributed by atoms with E-state index >= 15 is 0 Å². The maximum atomic E-state index is 11.4. The number of ether oxygens (including phenoxy) is 1. The maximum Gasteiger partial charge on any atom is 0.221 e. The number of anilines is 1. The van der Waals surface area contributed by atoms with E-state index in [1.807, 2.05) is 66.7 Å². The Bertz CT molecular complexity index is 1050. The lowest BCUT2D eigenvalue weighted by Gasteiger charge is -2.21. The van der Waals surface area contributed by atoms with Crippen molar-refractivity contribution in [2.24, 2.45) is 4.99 Å². The van der Waals surface area contributed by atoms with Gasteiger partial charge < -0.3 is 25.3 Å². The number of carbonyl (C=O) groups excluding carboxylic acids is 1. The molecule has 0 aliphatic heterocycles. The minimum absolute atomic E-state index is 0. The zero-order valence-electron chi connectivity index (χ0n) is 18.7. The summed E-state index contributed by atoms with van der Waals surface area (Å²) in [5.74, 6) is 2.05. The van der Waals surface area contributed by atoms with Gasteiger partial charge in [0.05, 0.1) is 31.2 Å². The van der Waals surface area contributed by atoms with Gasteiger partial charge in [0.2, 0.25) is 5.91 Å². The van der Waals surface area contributed by atoms with Crippen LogP contribution in [0.1, 0.15) is 18.3 Å². The number of carbonyl (C=O) groups is 1. The fraction of sp³-hybridized carbons (Fsp3) is 0.261. The zero-order chi connectivity index (χ0) is 22.2. The van der Waals surface area contributed by atoms with Crippen LogP contribution in [-0.2, 0) is 17.9 Å². The van der Waals surface area contributed by atoms with Crippen molar-refractivity contribution in [1.82, 2.24) is 20.2 Å². The van der Waals surface area contributed by atoms with Crippen molar-refractivity contribution in [1.29, 1.82) is 0 Å². The topological polar surface area (TPSA) is 94.6 Å². The molecule has 0 unspecified atom stereocenters. The number of aromatic nitrogens is 2. The Hall–Kier alpha value is -3.08. The van der Waals surface area contributed by atoms with Crippen LogP contribution in [0.4, 0.5) is 5.69 Å². The summed E-state index contributed by atoms with van der Waals surface area (Å²) in [6.07, 6.45) is 1.84. The van der Waals surface area contributed by atoms with Crippen LogP contribution in [0, 0.1) is 0 Å². The van der Waals surface area contributed by atoms with Crippen LogP contribution in [-0.4, -0.2) is 47.9 Å². The number of methoxy groups -OCH3 is 1. The molecule has 0 saturated carbocycles. The van der Waals surface area contributed by atoms with Gasteiger partial charge in [-0.3, -0.25) is 9.79 Å². The van der Waals surface area contributed by atoms with Crippen LogP contribution in [0.2, 0.25) is 0 Å². The number of aliphatic imine (C=N–C) groups is 1. The van der Waals surface area contributed by atoms with E-state index in [-0.39, 0.29) is 29.9 Å². The third-order valence-electron chi connectivity index (χ3n) is 4.70. The number of aromatic amines is 1. The lowest BCUT2D eigenvalue weighted by atomic mass is 10.2. The number of rotatable bonds is 7. The quantitative estimate of drug-likeness (QED) is 0.237. The van der Waals surface area contributed by atoms with Gasteiger partial charge in [0, 0.05) is 27.6 Å². The van der Waals surface area contributed by atoms with Crippen LogP contribution in [0.5, 0.6) is 5.75 Å². The van der Waals surface area contributed by atoms with E-state index in [2.05, 4.69) is 25.6 Å². The molecule has 0 aliphatic rings. The molecular weight excluding hydrogens is 519 g/mol. The van der Waals surface area contributed by atoms with Gasteiger partial charge in [0.15, 0.2) is 5.96 Å². The molecule has 32 heavy (non-hydrogen) atoms. The van der Waals surface area contributed by atoms with E-state index in [1.165, 1.54) is 6.92 Å². The summed E-state index contributed by atoms with van der Waals surface area (Å²) >= 11 is 0. The molecule has 2 aromatic carbocycles. The Labute approximate surface area is 205 Å². The third-order valence-corrected chi connectivity index (χ3v) is 4.70. The second-order valence-corrected chi connectivity index (χ2v) is 7.08. The van der Waals surface area contributed by atoms with Crippen LogP contribution in [0.25, 0.3) is 11.3 Å². The molecule has 0 fully saturated rings. The SMILES string of the molecule is CN=C(NCc1ccc(OC)c(NC(C)=O)c1)N(C)Cc1ncc(-c2ccccc2)[nH]1.I. The number of nitrogens with one attached hydrogen (secondary N) is 3. The van der Waals surface area contributed by atoms with Crippen molar-refractivity contribution in [2.75, 3.05) is 26.5 Å². The molecule has 8 nitrogen and oxygen atoms in total. The van der Waals surface area contributed by atoms with E-state index in [0.717, 1.165) is 28.6 Å². The normalized spacial score (nSPS) is 10.8. The average molecular weight is 548 g/mol. The minimum Gasteiger partial charge on any atom is -0.495 e. The smallest absolute Gasteiger partial charge is 0.221 e. The Morgan fingerprint density at radius 2 is 1.97 bits per heavy atom. The van der Waals surface area contributed by atoms with Crippen LogP contribution < -0.4 is 15.4 Å². The summed E-state index contributed by atoms with van der Waals surface area (Å²) in [7, 11) is 5.27. The van der Waals surface area contributed by atoms with Gasteiger partial charge in [-0.25, -0.2) is 4.98 Å². The number of nitrogens with zero attached hydrogens (tertiary/aromatic N) is 3. The number of imidazole rings is 1. The molecule has 1 amide bonds. The standard InChI is InChI=1S/C23H28N6O2.HI/c1-16(30)27-19-12-17(10-11-21(19)31-4)13-26-23(24-2)29(3)15-22-25-14-20(28-22)18-8-6-5-7-9-18;/h5-12,14H,13,15H2,1-4H3,(H,24,26)(H,25,28)(H,27,30);1H. The molecule has 0 bridgehead atoms. The Balaban J connectivity index is 0.00000363. The molecule has 170 valence electrons. The molecule has 0 saturated heterocycles. The summed E-state index contributed by atoms with van der Waals surface area (Å²) in [5.41, 5.74) is 3.71. The van der Waals surface area contributed by atoms with Crippen molar-refractivity contribution in [3.05, 3.63) is 66.1 Å². The van der Waals surface area contributed by atoms with Crippen molar-refractivity contribution in [3.8, 4) is 17.0 Å². The largest absolute Gasteiger partial charge is 0.495 e. The van der Waals surface area contributed by atoms with Crippen LogP contribution >= 0.6 is 24.0 Å². The van der Waals surface area contributed by atoms with E-state index < -0.39 is 0 Å². The predicted octanol–water partition coefficient (Wildman–Crippen LogP) is 3.87. The Morgan fingerprint density at radius 1 is 1.22 bits per heavy atom. The molecule has 3 N–H and O–H groups in total. The van der Waals surface area contributed by atoms with Gasteiger partial charge in [-0.2, -0.15) is 0 Å². The first-order valence-corrected chi connectivity index (χ1v) is 9.95. The molecule has 1 heterocycles. The zero-order valence-corrected chi connectivity index (χ0v) is 21.0. The van der Waals surface area contributed by atoms with Crippen molar-refractivity contribution >= 4 is 41.5 Å². The first kappa shape index (κ1) is 25.2. The van der Waals surface area contributed by atoms with Gasteiger partial charge in [-0.05, 0) is 23.3 Å². The number of H-pyrrole nitrogens is 1. The highest BCUT2D eigenvalue weighted by molar-refractivity contribution is 14.0. The van der Waals surface area contributed by atoms with Crippen LogP contribution in [0.3, 0.4) is 0 Å². The van der Waals surface area contributed by atoms with Gasteiger partial charge in [0.25, 0.3) is 0 Å². The number of halogens is 1. The fourth-order valence-corrected chi connectivity index (χ4v) is 3.23. The number of hydrogen-bond donors (Lipinski definition) is 3. The first-order valence-electron chi connectivity index (χ1n) is 9.95. The van der Waals surface area contributed by atoms with Gasteiger partial charge >= 0.3 is 0 Å². The van der Waals surface area contributed by atoms with E-state index in [0.29, 0.717) is 24.5 Å². The van der Waals surface area contributed by atoms with Crippen molar-refractivity contribution < 1.29 is 9.53 Å². The summed E-state index contributed by atoms with van der Waals surface area (Å²) in [5, 5.41) is 6.14. The fourth-order valence-electron chi connectivity index (χ4n) is 3.23. The second-order valence-electron chi connectivity index (χ2n) is 7.08. The van der Waals surface area contributed by atoms with E-state index in [1.54, 1.807) is 14.2 Å². The van der Waals surface area contributed by atoms with E-state index in [4.69, 9.17) is 4.74 Å². The summed E-state index contributed by atoms with van der Waals surface area (Å²) in [6.45, 7) is 2.59. The monoisotopic (exact) mass is 548 g/mol. The van der Waals surface area contributed by atoms with E-state index in [9.17, 15) is 4.79 Å². The van der Waals surface area contributed by atoms with Crippen molar-refractivity contribution in [2.45, 2.75) is 20.0 Å². The third kappa shape index (κ3) is 6.71. The van der Waals surface area contributed by atoms with Gasteiger partial charge in [-0.15, -0.1) is 24.0 Å². The lowest BCUT2D eigenvalue weighted by molar-refractivity contribution is -0.114. The van der Waals surface area contributed by atoms with Crippen LogP contribution in [0.15, 0.2) is 59.7 Å². The minimum atomic E-state index is -0.146. The lowest BCUT2D eigenvalue weighted by Crippen LogP contribution is -2.38. The molecule has 1 aromatic heterocycles. The van der Waals surface area contributed by atoms with Gasteiger partial charge in [-0.1, -0.05) is 36.4 Å². The molecule has 0 atom stereocenters. The summed E-state index contributed by atoms with van der Waals surface area (Å²) in [6, 6.07) is 15.8. The Kier molecular flexibility index (Phi) is 9.51. The molecule has 0 radical (unpaired) electrons. The average Bonchev–Trinajstić information content (AvgIpc) is 3.23. The number of guanidine groups is 1. The highest BCUT2D eigenvalue weighted by Crippen LogP contribution is 2.25. The molecule has 3 rings (SSSR count). The number of hydrogen-bond acceptors (Lipinski definition) is 4. The molecule has 3 aromatic rings. The first-order chi connectivity index (χ1) is 15.0. The predicted molar refractivity (Wildman–Crippen MR) is 138 cm³/mol. The number of benzene rings is 2. The Morgan fingerprint density at radius 3 is 2.62 bits per heavy atom. The number of amides is 1. The highest BCUT2D eigenvalue weighted by Gasteiger charge is 2.11. The summed E-state index contributed by atoms with van der Waals surface area (Å²) < 4.78 is 5.31. The molecule has 0 spiro atoms. The second kappa shape index (κ2) is 12.1. The molecule has 9 heteroatoms. The maximum absolute atomic E-state index is 11.4. The molecule has 0 aliphatic carbocycles. The summed E-state index contributed by atoms with van der Waals surface area (Å²) in [4.78, 5) is 25.7. The molecular formula is C23H29IN6O2. The van der Waals surface area contributed by atoms with Gasteiger partial charge in [0.1, 0.15) is 11.6 Å². The highest BCUT2D eigenvalue weighted by atomic mass is 127. The van der Waals surface area contributed by atoms with Crippen molar-refractivity contribution in [3.63, 3.8) is 0 Å².